The number of Topliss-reactive ketones (excluding diaryl/α,β-unsaturated/α-hetero) is 1. The number of ether oxygens (including phenoxy) is 1. The molecule has 0 saturated carbocycles. The van der Waals surface area contributed by atoms with Crippen LogP contribution in [-0.4, -0.2) is 28.9 Å². The van der Waals surface area contributed by atoms with E-state index in [4.69, 9.17) is 9.15 Å². The van der Waals surface area contributed by atoms with Crippen molar-refractivity contribution in [3.05, 3.63) is 75.3 Å². The molecular formula is C21H18N2O5S. The van der Waals surface area contributed by atoms with E-state index in [-0.39, 0.29) is 5.57 Å². The number of amides is 1. The summed E-state index contributed by atoms with van der Waals surface area (Å²) < 4.78 is 10.9. The van der Waals surface area contributed by atoms with Crippen molar-refractivity contribution >= 4 is 28.7 Å². The van der Waals surface area contributed by atoms with Crippen LogP contribution in [0.15, 0.2) is 58.4 Å². The third kappa shape index (κ3) is 3.01. The molecule has 1 aliphatic heterocycles. The molecule has 3 heterocycles. The zero-order valence-corrected chi connectivity index (χ0v) is 16.8. The minimum absolute atomic E-state index is 0.0393. The van der Waals surface area contributed by atoms with Crippen molar-refractivity contribution in [3.8, 4) is 5.75 Å². The number of hydrogen-bond acceptors (Lipinski definition) is 7. The predicted molar refractivity (Wildman–Crippen MR) is 108 cm³/mol. The van der Waals surface area contributed by atoms with Crippen LogP contribution < -0.4 is 9.64 Å². The molecule has 0 saturated heterocycles. The highest BCUT2D eigenvalue weighted by molar-refractivity contribution is 7.14. The fourth-order valence-corrected chi connectivity index (χ4v) is 4.37. The van der Waals surface area contributed by atoms with Gasteiger partial charge in [0.05, 0.1) is 40.2 Å². The summed E-state index contributed by atoms with van der Waals surface area (Å²) in [6.07, 6.45) is 1.46. The molecule has 1 atom stereocenters. The van der Waals surface area contributed by atoms with E-state index in [1.54, 1.807) is 50.2 Å². The van der Waals surface area contributed by atoms with Crippen molar-refractivity contribution in [2.75, 3.05) is 12.0 Å². The maximum atomic E-state index is 13.4. The van der Waals surface area contributed by atoms with Crippen molar-refractivity contribution in [3.63, 3.8) is 0 Å². The first-order valence-corrected chi connectivity index (χ1v) is 9.67. The molecule has 1 amide bonds. The number of carbonyl (C=O) groups excluding carboxylic acids is 2. The Balaban J connectivity index is 1.90. The van der Waals surface area contributed by atoms with Crippen LogP contribution in [-0.2, 0) is 4.79 Å². The van der Waals surface area contributed by atoms with E-state index in [9.17, 15) is 14.7 Å². The van der Waals surface area contributed by atoms with Gasteiger partial charge in [-0.2, -0.15) is 0 Å². The van der Waals surface area contributed by atoms with Crippen molar-refractivity contribution in [2.45, 2.75) is 19.9 Å². The molecule has 1 aliphatic rings. The molecule has 0 radical (unpaired) electrons. The topological polar surface area (TPSA) is 92.9 Å². The van der Waals surface area contributed by atoms with Gasteiger partial charge < -0.3 is 14.3 Å². The first-order valence-electron chi connectivity index (χ1n) is 8.85. The minimum atomic E-state index is -0.928. The summed E-state index contributed by atoms with van der Waals surface area (Å²) in [6, 6.07) is 9.32. The predicted octanol–water partition coefficient (Wildman–Crippen LogP) is 4.14. The van der Waals surface area contributed by atoms with Crippen LogP contribution in [0.2, 0.25) is 0 Å². The molecule has 0 spiro atoms. The smallest absolute Gasteiger partial charge is 0.294 e. The molecule has 1 N–H and O–H groups in total. The van der Waals surface area contributed by atoms with Gasteiger partial charge in [0.2, 0.25) is 5.78 Å². The molecule has 1 unspecified atom stereocenters. The molecule has 0 aliphatic carbocycles. The van der Waals surface area contributed by atoms with E-state index in [1.807, 2.05) is 0 Å². The third-order valence-corrected chi connectivity index (χ3v) is 5.79. The van der Waals surface area contributed by atoms with E-state index in [2.05, 4.69) is 4.98 Å². The van der Waals surface area contributed by atoms with Crippen molar-refractivity contribution < 1.29 is 23.8 Å². The number of carbonyl (C=O) groups is 2. The second-order valence-corrected chi connectivity index (χ2v) is 7.71. The van der Waals surface area contributed by atoms with Crippen LogP contribution in [0.25, 0.3) is 0 Å². The van der Waals surface area contributed by atoms with Crippen LogP contribution in [0.1, 0.15) is 32.2 Å². The van der Waals surface area contributed by atoms with Crippen LogP contribution in [0.4, 0.5) is 5.69 Å². The summed E-state index contributed by atoms with van der Waals surface area (Å²) in [5.74, 6) is -0.956. The van der Waals surface area contributed by atoms with E-state index < -0.39 is 23.5 Å². The van der Waals surface area contributed by atoms with E-state index in [1.165, 1.54) is 29.6 Å². The van der Waals surface area contributed by atoms with Crippen molar-refractivity contribution in [1.29, 1.82) is 0 Å². The summed E-state index contributed by atoms with van der Waals surface area (Å²) in [4.78, 5) is 32.4. The lowest BCUT2D eigenvalue weighted by Gasteiger charge is -2.26. The van der Waals surface area contributed by atoms with E-state index >= 15 is 0 Å². The molecule has 7 nitrogen and oxygen atoms in total. The summed E-state index contributed by atoms with van der Waals surface area (Å²) in [5.41, 5.74) is 0.940. The average molecular weight is 410 g/mol. The summed E-state index contributed by atoms with van der Waals surface area (Å²) >= 11 is 1.23. The molecular weight excluding hydrogens is 392 g/mol. The number of aryl methyl sites for hydroxylation is 2. The number of para-hydroxylation sites is 2. The Kier molecular flexibility index (Phi) is 4.71. The summed E-state index contributed by atoms with van der Waals surface area (Å²) in [6.45, 7) is 3.53. The molecule has 0 fully saturated rings. The number of rotatable bonds is 5. The molecule has 0 bridgehead atoms. The Hall–Kier alpha value is -3.39. The molecule has 148 valence electrons. The first kappa shape index (κ1) is 18.9. The van der Waals surface area contributed by atoms with Gasteiger partial charge in [0.25, 0.3) is 5.91 Å². The molecule has 2 aromatic heterocycles. The maximum absolute atomic E-state index is 13.4. The fraction of sp³-hybridized carbons (Fsp3) is 0.190. The Morgan fingerprint density at radius 3 is 2.62 bits per heavy atom. The van der Waals surface area contributed by atoms with E-state index in [0.717, 1.165) is 5.01 Å². The van der Waals surface area contributed by atoms with Gasteiger partial charge in [-0.15, -0.1) is 11.3 Å². The highest BCUT2D eigenvalue weighted by atomic mass is 32.1. The Morgan fingerprint density at radius 2 is 2.00 bits per heavy atom. The quantitative estimate of drug-likeness (QED) is 0.636. The van der Waals surface area contributed by atoms with Gasteiger partial charge in [-0.25, -0.2) is 4.98 Å². The zero-order valence-electron chi connectivity index (χ0n) is 16.0. The normalized spacial score (nSPS) is 16.6. The lowest BCUT2D eigenvalue weighted by molar-refractivity contribution is -0.117. The average Bonchev–Trinajstić information content (AvgIpc) is 3.41. The van der Waals surface area contributed by atoms with Crippen LogP contribution in [0, 0.1) is 13.8 Å². The molecule has 8 heteroatoms. The number of aliphatic hydroxyl groups excluding tert-OH is 1. The SMILES string of the molecule is COc1ccccc1N1C(=O)C(O)=C(C(=O)c2sc(C)nc2C)C1c1ccco1. The number of aliphatic hydroxyl groups is 1. The molecule has 3 aromatic rings. The van der Waals surface area contributed by atoms with Gasteiger partial charge in [0.15, 0.2) is 5.76 Å². The van der Waals surface area contributed by atoms with Gasteiger partial charge in [-0.3, -0.25) is 14.5 Å². The maximum Gasteiger partial charge on any atom is 0.294 e. The fourth-order valence-electron chi connectivity index (χ4n) is 3.49. The van der Waals surface area contributed by atoms with Gasteiger partial charge in [0, 0.05) is 0 Å². The second-order valence-electron chi connectivity index (χ2n) is 6.50. The lowest BCUT2D eigenvalue weighted by Crippen LogP contribution is -2.31. The molecule has 29 heavy (non-hydrogen) atoms. The van der Waals surface area contributed by atoms with Crippen LogP contribution in [0.5, 0.6) is 5.75 Å². The Morgan fingerprint density at radius 1 is 1.24 bits per heavy atom. The van der Waals surface area contributed by atoms with Gasteiger partial charge in [0.1, 0.15) is 17.6 Å². The number of ketones is 1. The minimum Gasteiger partial charge on any atom is -0.503 e. The van der Waals surface area contributed by atoms with Crippen molar-refractivity contribution in [1.82, 2.24) is 4.98 Å². The number of benzene rings is 1. The third-order valence-electron chi connectivity index (χ3n) is 4.72. The number of nitrogens with zero attached hydrogens (tertiary/aromatic N) is 2. The van der Waals surface area contributed by atoms with E-state index in [0.29, 0.717) is 27.8 Å². The van der Waals surface area contributed by atoms with Gasteiger partial charge in [-0.05, 0) is 38.1 Å². The summed E-state index contributed by atoms with van der Waals surface area (Å²) in [5, 5.41) is 11.4. The Labute approximate surface area is 170 Å². The standard InChI is InChI=1S/C21H18N2O5S/c1-11-20(29-12(2)22-11)18(24)16-17(15-9-6-10-28-15)23(21(26)19(16)25)13-7-4-5-8-14(13)27-3/h4-10,17,25H,1-3H3. The molecule has 4 rings (SSSR count). The lowest BCUT2D eigenvalue weighted by atomic mass is 9.99. The number of hydrogen-bond donors (Lipinski definition) is 1. The van der Waals surface area contributed by atoms with Crippen LogP contribution >= 0.6 is 11.3 Å². The number of anilines is 1. The number of methoxy groups -OCH3 is 1. The monoisotopic (exact) mass is 410 g/mol. The van der Waals surface area contributed by atoms with Crippen LogP contribution in [0.3, 0.4) is 0 Å². The summed E-state index contributed by atoms with van der Waals surface area (Å²) in [7, 11) is 1.49. The largest absolute Gasteiger partial charge is 0.503 e. The molecule has 1 aromatic carbocycles. The van der Waals surface area contributed by atoms with Gasteiger partial charge >= 0.3 is 0 Å². The zero-order chi connectivity index (χ0) is 20.7. The number of aromatic nitrogens is 1. The Bertz CT molecular complexity index is 1130. The highest BCUT2D eigenvalue weighted by Gasteiger charge is 2.47. The van der Waals surface area contributed by atoms with Crippen molar-refractivity contribution in [2.24, 2.45) is 0 Å². The van der Waals surface area contributed by atoms with Gasteiger partial charge in [-0.1, -0.05) is 12.1 Å². The highest BCUT2D eigenvalue weighted by Crippen LogP contribution is 2.45. The second kappa shape index (κ2) is 7.21. The first-order chi connectivity index (χ1) is 13.9. The number of furan rings is 1. The number of thiazole rings is 1.